The highest BCUT2D eigenvalue weighted by Crippen LogP contribution is 2.31. The summed E-state index contributed by atoms with van der Waals surface area (Å²) in [7, 11) is 0. The third-order valence-corrected chi connectivity index (χ3v) is 8.01. The molecule has 2 aromatic heterocycles. The predicted molar refractivity (Wildman–Crippen MR) is 157 cm³/mol. The largest absolute Gasteiger partial charge is 0.616 e. The quantitative estimate of drug-likeness (QED) is 0.198. The molecular weight excluding hydrogens is 548 g/mol. The summed E-state index contributed by atoms with van der Waals surface area (Å²) in [4.78, 5) is 44.1. The molecule has 4 N–H and O–H groups in total. The van der Waals surface area contributed by atoms with Crippen molar-refractivity contribution in [1.82, 2.24) is 29.5 Å². The molecular formula is C27H38N8O5S. The molecule has 41 heavy (non-hydrogen) atoms. The Morgan fingerprint density at radius 1 is 1.17 bits per heavy atom. The van der Waals surface area contributed by atoms with Crippen molar-refractivity contribution in [3.63, 3.8) is 0 Å². The van der Waals surface area contributed by atoms with Crippen LogP contribution in [0.1, 0.15) is 53.2 Å². The first-order valence-corrected chi connectivity index (χ1v) is 15.4. The molecule has 3 amide bonds. The average Bonchev–Trinajstić information content (AvgIpc) is 3.49. The van der Waals surface area contributed by atoms with E-state index in [9.17, 15) is 18.9 Å². The van der Waals surface area contributed by atoms with E-state index in [2.05, 4.69) is 20.7 Å². The number of imidazole rings is 1. The molecule has 1 saturated heterocycles. The molecule has 0 aliphatic carbocycles. The van der Waals surface area contributed by atoms with Crippen molar-refractivity contribution in [3.05, 3.63) is 35.2 Å². The van der Waals surface area contributed by atoms with Gasteiger partial charge in [-0.3, -0.25) is 29.3 Å². The Labute approximate surface area is 242 Å². The van der Waals surface area contributed by atoms with E-state index >= 15 is 0 Å². The first-order valence-electron chi connectivity index (χ1n) is 13.9. The summed E-state index contributed by atoms with van der Waals surface area (Å²) in [6, 6.07) is 4.89. The second-order valence-corrected chi connectivity index (χ2v) is 11.6. The van der Waals surface area contributed by atoms with Crippen LogP contribution in [0, 0.1) is 6.92 Å². The number of carbonyl (C=O) groups is 3. The van der Waals surface area contributed by atoms with Crippen molar-refractivity contribution in [1.29, 1.82) is 0 Å². The Morgan fingerprint density at radius 3 is 2.61 bits per heavy atom. The summed E-state index contributed by atoms with van der Waals surface area (Å²) in [5, 5.41) is 10.1. The number of fused-ring (bicyclic) bond motifs is 1. The van der Waals surface area contributed by atoms with Gasteiger partial charge < -0.3 is 24.9 Å². The lowest BCUT2D eigenvalue weighted by Gasteiger charge is -2.27. The Balaban J connectivity index is 1.47. The number of rotatable bonds is 13. The minimum absolute atomic E-state index is 0.0863. The molecule has 0 spiro atoms. The second kappa shape index (κ2) is 13.8. The molecule has 1 fully saturated rings. The van der Waals surface area contributed by atoms with Crippen LogP contribution in [-0.2, 0) is 29.1 Å². The lowest BCUT2D eigenvalue weighted by molar-refractivity contribution is -0.122. The molecule has 3 aromatic rings. The van der Waals surface area contributed by atoms with E-state index in [0.717, 1.165) is 12.1 Å². The number of primary amides is 1. The fourth-order valence-corrected chi connectivity index (χ4v) is 5.86. The van der Waals surface area contributed by atoms with Crippen LogP contribution >= 0.6 is 0 Å². The molecule has 1 aliphatic heterocycles. The van der Waals surface area contributed by atoms with Gasteiger partial charge in [0, 0.05) is 38.3 Å². The van der Waals surface area contributed by atoms with Gasteiger partial charge in [-0.15, -0.1) is 0 Å². The number of aromatic nitrogens is 4. The standard InChI is InChI=1S/C27H38N8O5S/c1-4-8-34-24-20(30-27(34)31-26(38)21-14-18(3)32-35(21)5-2)15-19(25(28)37)16-22(24)40-11-6-7-29-23(36)17-33-9-12-41(39)13-10-33/h14-16H,4-13,17H2,1-3H3,(H2,28,37)(H,29,36)(H,30,31,38). The Hall–Kier alpha value is -3.62. The molecule has 1 aromatic carbocycles. The maximum atomic E-state index is 13.2. The molecule has 0 atom stereocenters. The second-order valence-electron chi connectivity index (χ2n) is 9.91. The number of benzene rings is 1. The van der Waals surface area contributed by atoms with Crippen molar-refractivity contribution in [2.45, 2.75) is 46.7 Å². The summed E-state index contributed by atoms with van der Waals surface area (Å²) in [5.41, 5.74) is 8.09. The van der Waals surface area contributed by atoms with E-state index in [4.69, 9.17) is 10.5 Å². The topological polar surface area (TPSA) is 172 Å². The summed E-state index contributed by atoms with van der Waals surface area (Å²) >= 11 is -0.781. The fraction of sp³-hybridized carbons (Fsp3) is 0.519. The maximum absolute atomic E-state index is 13.2. The summed E-state index contributed by atoms with van der Waals surface area (Å²) in [6.45, 7) is 9.12. The van der Waals surface area contributed by atoms with E-state index in [-0.39, 0.29) is 30.5 Å². The molecule has 3 heterocycles. The SMILES string of the molecule is CCCn1c(NC(=O)c2cc(C)nn2CC)nc2cc(C(N)=O)cc(OCCCNC(=O)CN3CC[S+]([O-])CC3)c21. The number of ether oxygens (including phenoxy) is 1. The normalized spacial score (nSPS) is 14.3. The number of anilines is 1. The Kier molecular flexibility index (Phi) is 10.2. The first kappa shape index (κ1) is 30.3. The third-order valence-electron chi connectivity index (χ3n) is 6.74. The van der Waals surface area contributed by atoms with Gasteiger partial charge in [0.25, 0.3) is 5.91 Å². The van der Waals surface area contributed by atoms with Crippen LogP contribution in [0.3, 0.4) is 0 Å². The average molecular weight is 587 g/mol. The molecule has 0 bridgehead atoms. The number of hydrogen-bond acceptors (Lipinski definition) is 8. The zero-order chi connectivity index (χ0) is 29.5. The van der Waals surface area contributed by atoms with Crippen molar-refractivity contribution < 1.29 is 23.7 Å². The van der Waals surface area contributed by atoms with E-state index in [0.29, 0.717) is 79.1 Å². The van der Waals surface area contributed by atoms with Crippen LogP contribution in [0.5, 0.6) is 5.75 Å². The molecule has 0 radical (unpaired) electrons. The molecule has 1 aliphatic rings. The molecule has 222 valence electrons. The zero-order valence-corrected chi connectivity index (χ0v) is 24.6. The van der Waals surface area contributed by atoms with E-state index in [1.54, 1.807) is 22.9 Å². The van der Waals surface area contributed by atoms with Crippen molar-refractivity contribution >= 4 is 45.9 Å². The van der Waals surface area contributed by atoms with Crippen LogP contribution in [0.15, 0.2) is 18.2 Å². The Morgan fingerprint density at radius 2 is 1.93 bits per heavy atom. The smallest absolute Gasteiger partial charge is 0.276 e. The van der Waals surface area contributed by atoms with Crippen LogP contribution < -0.4 is 21.1 Å². The Bertz CT molecular complexity index is 1400. The van der Waals surface area contributed by atoms with Gasteiger partial charge in [0.1, 0.15) is 28.5 Å². The predicted octanol–water partition coefficient (Wildman–Crippen LogP) is 1.27. The fourth-order valence-electron chi connectivity index (χ4n) is 4.73. The summed E-state index contributed by atoms with van der Waals surface area (Å²) in [6.07, 6.45) is 1.29. The number of amides is 3. The molecule has 14 heteroatoms. The van der Waals surface area contributed by atoms with Crippen LogP contribution in [0.2, 0.25) is 0 Å². The van der Waals surface area contributed by atoms with Crippen LogP contribution in [-0.4, -0.2) is 90.8 Å². The highest BCUT2D eigenvalue weighted by molar-refractivity contribution is 7.91. The first-order chi connectivity index (χ1) is 19.7. The molecule has 0 unspecified atom stereocenters. The number of nitrogens with zero attached hydrogens (tertiary/aromatic N) is 5. The lowest BCUT2D eigenvalue weighted by Crippen LogP contribution is -2.45. The number of nitrogens with one attached hydrogen (secondary N) is 2. The molecule has 13 nitrogen and oxygen atoms in total. The van der Waals surface area contributed by atoms with E-state index < -0.39 is 17.1 Å². The number of hydrogen-bond donors (Lipinski definition) is 3. The van der Waals surface area contributed by atoms with E-state index in [1.165, 1.54) is 0 Å². The van der Waals surface area contributed by atoms with E-state index in [1.807, 2.05) is 30.2 Å². The number of aryl methyl sites for hydroxylation is 3. The monoisotopic (exact) mass is 586 g/mol. The maximum Gasteiger partial charge on any atom is 0.276 e. The minimum atomic E-state index is -0.781. The van der Waals surface area contributed by atoms with Gasteiger partial charge in [-0.1, -0.05) is 18.1 Å². The van der Waals surface area contributed by atoms with Crippen LogP contribution in [0.25, 0.3) is 11.0 Å². The van der Waals surface area contributed by atoms with Gasteiger partial charge in [0.2, 0.25) is 17.8 Å². The number of carbonyl (C=O) groups excluding carboxylic acids is 3. The van der Waals surface area contributed by atoms with Crippen LogP contribution in [0.4, 0.5) is 5.95 Å². The number of nitrogens with two attached hydrogens (primary N) is 1. The zero-order valence-electron chi connectivity index (χ0n) is 23.8. The van der Waals surface area contributed by atoms with Crippen molar-refractivity contribution in [3.8, 4) is 5.75 Å². The highest BCUT2D eigenvalue weighted by Gasteiger charge is 2.22. The van der Waals surface area contributed by atoms with Crippen molar-refractivity contribution in [2.24, 2.45) is 5.73 Å². The van der Waals surface area contributed by atoms with Crippen molar-refractivity contribution in [2.75, 3.05) is 49.6 Å². The highest BCUT2D eigenvalue weighted by atomic mass is 32.2. The molecule has 4 rings (SSSR count). The lowest BCUT2D eigenvalue weighted by atomic mass is 10.1. The summed E-state index contributed by atoms with van der Waals surface area (Å²) < 4.78 is 21.1. The van der Waals surface area contributed by atoms with Gasteiger partial charge in [0.05, 0.1) is 24.4 Å². The summed E-state index contributed by atoms with van der Waals surface area (Å²) in [5.74, 6) is 0.895. The van der Waals surface area contributed by atoms with Gasteiger partial charge >= 0.3 is 0 Å². The van der Waals surface area contributed by atoms with Gasteiger partial charge in [0.15, 0.2) is 0 Å². The van der Waals surface area contributed by atoms with Gasteiger partial charge in [-0.05, 0) is 44.9 Å². The van der Waals surface area contributed by atoms with Gasteiger partial charge in [-0.25, -0.2) is 4.98 Å². The van der Waals surface area contributed by atoms with Gasteiger partial charge in [-0.2, -0.15) is 5.10 Å². The molecule has 0 saturated carbocycles. The minimum Gasteiger partial charge on any atom is -0.616 e. The third kappa shape index (κ3) is 7.57.